The number of aromatic nitrogens is 1. The van der Waals surface area contributed by atoms with E-state index < -0.39 is 0 Å². The lowest BCUT2D eigenvalue weighted by molar-refractivity contribution is 0.198. The van der Waals surface area contributed by atoms with Crippen molar-refractivity contribution in [3.8, 4) is 0 Å². The summed E-state index contributed by atoms with van der Waals surface area (Å²) in [6.07, 6.45) is 4.55. The summed E-state index contributed by atoms with van der Waals surface area (Å²) < 4.78 is 0. The molecule has 0 aliphatic carbocycles. The van der Waals surface area contributed by atoms with Crippen LogP contribution in [-0.4, -0.2) is 25.1 Å². The van der Waals surface area contributed by atoms with Gasteiger partial charge < -0.3 is 10.2 Å². The molecule has 3 heteroatoms. The van der Waals surface area contributed by atoms with Gasteiger partial charge in [-0.1, -0.05) is 26.8 Å². The average Bonchev–Trinajstić information content (AvgIpc) is 2.39. The highest BCUT2D eigenvalue weighted by molar-refractivity contribution is 5.39. The van der Waals surface area contributed by atoms with Gasteiger partial charge >= 0.3 is 0 Å². The maximum Gasteiger partial charge on any atom is 0.128 e. The highest BCUT2D eigenvalue weighted by atomic mass is 15.2. The Morgan fingerprint density at radius 1 is 1.26 bits per heavy atom. The molecule has 2 rings (SSSR count). The third-order valence-electron chi connectivity index (χ3n) is 4.23. The molecule has 106 valence electrons. The Kier molecular flexibility index (Phi) is 4.46. The third kappa shape index (κ3) is 3.69. The van der Waals surface area contributed by atoms with Crippen LogP contribution in [0.25, 0.3) is 0 Å². The van der Waals surface area contributed by atoms with Crippen molar-refractivity contribution in [2.75, 3.05) is 25.0 Å². The zero-order valence-corrected chi connectivity index (χ0v) is 12.7. The Morgan fingerprint density at radius 2 is 1.95 bits per heavy atom. The van der Waals surface area contributed by atoms with Gasteiger partial charge in [0.05, 0.1) is 0 Å². The van der Waals surface area contributed by atoms with Gasteiger partial charge in [-0.2, -0.15) is 0 Å². The van der Waals surface area contributed by atoms with Gasteiger partial charge in [0.1, 0.15) is 5.82 Å². The van der Waals surface area contributed by atoms with Crippen molar-refractivity contribution in [2.24, 2.45) is 11.3 Å². The van der Waals surface area contributed by atoms with Crippen LogP contribution in [0.3, 0.4) is 0 Å². The fourth-order valence-corrected chi connectivity index (χ4v) is 2.89. The van der Waals surface area contributed by atoms with E-state index in [1.807, 2.05) is 13.2 Å². The lowest BCUT2D eigenvalue weighted by Crippen LogP contribution is -2.38. The molecule has 0 unspecified atom stereocenters. The quantitative estimate of drug-likeness (QED) is 0.906. The van der Waals surface area contributed by atoms with E-state index in [2.05, 4.69) is 48.1 Å². The number of hydrogen-bond donors (Lipinski definition) is 1. The minimum absolute atomic E-state index is 0.441. The number of nitrogens with one attached hydrogen (secondary N) is 1. The summed E-state index contributed by atoms with van der Waals surface area (Å²) in [6, 6.07) is 4.33. The van der Waals surface area contributed by atoms with Gasteiger partial charge in [0.15, 0.2) is 0 Å². The second-order valence-electron chi connectivity index (χ2n) is 6.68. The van der Waals surface area contributed by atoms with Crippen molar-refractivity contribution < 1.29 is 0 Å². The molecule has 0 spiro atoms. The normalized spacial score (nSPS) is 17.8. The number of nitrogens with zero attached hydrogens (tertiary/aromatic N) is 2. The second-order valence-corrected chi connectivity index (χ2v) is 6.68. The van der Waals surface area contributed by atoms with Gasteiger partial charge in [0.2, 0.25) is 0 Å². The second kappa shape index (κ2) is 5.91. The van der Waals surface area contributed by atoms with E-state index in [9.17, 15) is 0 Å². The van der Waals surface area contributed by atoms with Crippen LogP contribution in [0.4, 0.5) is 5.82 Å². The van der Waals surface area contributed by atoms with Crippen LogP contribution in [0.5, 0.6) is 0 Å². The molecule has 1 aliphatic heterocycles. The molecule has 19 heavy (non-hydrogen) atoms. The van der Waals surface area contributed by atoms with Gasteiger partial charge in [-0.25, -0.2) is 4.98 Å². The van der Waals surface area contributed by atoms with E-state index in [1.54, 1.807) is 0 Å². The van der Waals surface area contributed by atoms with Crippen LogP contribution in [-0.2, 0) is 6.54 Å². The van der Waals surface area contributed by atoms with Gasteiger partial charge in [-0.3, -0.25) is 0 Å². The molecule has 1 aromatic rings. The molecule has 0 bridgehead atoms. The standard InChI is InChI=1S/C16H27N3/c1-16(2,3)14-7-9-19(10-8-14)15-6-5-13(11-17-4)12-18-15/h5-6,12,14,17H,7-11H2,1-4H3. The first kappa shape index (κ1) is 14.3. The Labute approximate surface area is 117 Å². The smallest absolute Gasteiger partial charge is 0.128 e. The molecule has 0 radical (unpaired) electrons. The van der Waals surface area contributed by atoms with Crippen LogP contribution < -0.4 is 10.2 Å². The predicted octanol–water partition coefficient (Wildman–Crippen LogP) is 3.06. The van der Waals surface area contributed by atoms with Crippen molar-refractivity contribution in [2.45, 2.75) is 40.2 Å². The van der Waals surface area contributed by atoms with Crippen LogP contribution in [0.15, 0.2) is 18.3 Å². The van der Waals surface area contributed by atoms with Gasteiger partial charge in [0.25, 0.3) is 0 Å². The molecular weight excluding hydrogens is 234 g/mol. The number of pyridine rings is 1. The minimum Gasteiger partial charge on any atom is -0.357 e. The number of hydrogen-bond acceptors (Lipinski definition) is 3. The van der Waals surface area contributed by atoms with Crippen molar-refractivity contribution in [3.63, 3.8) is 0 Å². The highest BCUT2D eigenvalue weighted by Crippen LogP contribution is 2.35. The lowest BCUT2D eigenvalue weighted by atomic mass is 9.75. The van der Waals surface area contributed by atoms with E-state index in [0.29, 0.717) is 5.41 Å². The highest BCUT2D eigenvalue weighted by Gasteiger charge is 2.28. The van der Waals surface area contributed by atoms with Crippen LogP contribution in [0.1, 0.15) is 39.2 Å². The number of anilines is 1. The van der Waals surface area contributed by atoms with Crippen molar-refractivity contribution in [3.05, 3.63) is 23.9 Å². The summed E-state index contributed by atoms with van der Waals surface area (Å²) in [5, 5.41) is 3.15. The first-order valence-electron chi connectivity index (χ1n) is 7.35. The molecule has 0 atom stereocenters. The lowest BCUT2D eigenvalue weighted by Gasteiger charge is -2.39. The molecule has 1 aromatic heterocycles. The summed E-state index contributed by atoms with van der Waals surface area (Å²) in [4.78, 5) is 7.02. The molecule has 1 aliphatic rings. The van der Waals surface area contributed by atoms with E-state index in [4.69, 9.17) is 0 Å². The van der Waals surface area contributed by atoms with Crippen molar-refractivity contribution in [1.82, 2.24) is 10.3 Å². The Morgan fingerprint density at radius 3 is 2.42 bits per heavy atom. The number of rotatable bonds is 3. The first-order valence-corrected chi connectivity index (χ1v) is 7.35. The topological polar surface area (TPSA) is 28.2 Å². The largest absolute Gasteiger partial charge is 0.357 e. The number of piperidine rings is 1. The summed E-state index contributed by atoms with van der Waals surface area (Å²) in [7, 11) is 1.96. The molecule has 1 saturated heterocycles. The van der Waals surface area contributed by atoms with E-state index in [1.165, 1.54) is 18.4 Å². The Hall–Kier alpha value is -1.09. The Bertz CT molecular complexity index is 383. The predicted molar refractivity (Wildman–Crippen MR) is 81.4 cm³/mol. The van der Waals surface area contributed by atoms with Crippen LogP contribution in [0, 0.1) is 11.3 Å². The first-order chi connectivity index (χ1) is 9.00. The maximum atomic E-state index is 4.59. The fraction of sp³-hybridized carbons (Fsp3) is 0.688. The molecule has 1 N–H and O–H groups in total. The molecule has 1 fully saturated rings. The van der Waals surface area contributed by atoms with Gasteiger partial charge in [-0.15, -0.1) is 0 Å². The zero-order chi connectivity index (χ0) is 13.9. The van der Waals surface area contributed by atoms with Crippen LogP contribution in [0.2, 0.25) is 0 Å². The molecular formula is C16H27N3. The molecule has 0 saturated carbocycles. The van der Waals surface area contributed by atoms with Crippen LogP contribution >= 0.6 is 0 Å². The fourth-order valence-electron chi connectivity index (χ4n) is 2.89. The average molecular weight is 261 g/mol. The zero-order valence-electron chi connectivity index (χ0n) is 12.7. The SMILES string of the molecule is CNCc1ccc(N2CCC(C(C)(C)C)CC2)nc1. The molecule has 3 nitrogen and oxygen atoms in total. The van der Waals surface area contributed by atoms with E-state index in [0.717, 1.165) is 31.4 Å². The third-order valence-corrected chi connectivity index (χ3v) is 4.23. The summed E-state index contributed by atoms with van der Waals surface area (Å²) >= 11 is 0. The molecule has 0 amide bonds. The van der Waals surface area contributed by atoms with Gasteiger partial charge in [-0.05, 0) is 42.9 Å². The van der Waals surface area contributed by atoms with Gasteiger partial charge in [0, 0.05) is 25.8 Å². The van der Waals surface area contributed by atoms with Crippen molar-refractivity contribution in [1.29, 1.82) is 0 Å². The van der Waals surface area contributed by atoms with Crippen molar-refractivity contribution >= 4 is 5.82 Å². The molecule has 0 aromatic carbocycles. The van der Waals surface area contributed by atoms with E-state index >= 15 is 0 Å². The van der Waals surface area contributed by atoms with E-state index in [-0.39, 0.29) is 0 Å². The monoisotopic (exact) mass is 261 g/mol. The maximum absolute atomic E-state index is 4.59. The summed E-state index contributed by atoms with van der Waals surface area (Å²) in [5.41, 5.74) is 1.69. The minimum atomic E-state index is 0.441. The molecule has 2 heterocycles. The summed E-state index contributed by atoms with van der Waals surface area (Å²) in [6.45, 7) is 10.2. The Balaban J connectivity index is 1.94. The summed E-state index contributed by atoms with van der Waals surface area (Å²) in [5.74, 6) is 1.97.